The first-order valence-corrected chi connectivity index (χ1v) is 7.16. The molecule has 0 spiro atoms. The maximum absolute atomic E-state index is 5.63. The van der Waals surface area contributed by atoms with Gasteiger partial charge in [0.05, 0.1) is 0 Å². The van der Waals surface area contributed by atoms with E-state index in [1.54, 1.807) is 11.8 Å². The summed E-state index contributed by atoms with van der Waals surface area (Å²) in [7, 11) is 0. The standard InChI is InChI=1S/C13H19NO2S/c1-9(3-4-14)10-7-11-12(8-13(10)17-2)16-6-5-15-11/h7-9H,3-6,14H2,1-2H3. The van der Waals surface area contributed by atoms with Crippen LogP contribution in [0.25, 0.3) is 0 Å². The van der Waals surface area contributed by atoms with Gasteiger partial charge in [0.1, 0.15) is 13.2 Å². The lowest BCUT2D eigenvalue weighted by Gasteiger charge is -2.22. The van der Waals surface area contributed by atoms with Crippen molar-refractivity contribution >= 4 is 11.8 Å². The van der Waals surface area contributed by atoms with E-state index in [-0.39, 0.29) is 0 Å². The molecule has 94 valence electrons. The summed E-state index contributed by atoms with van der Waals surface area (Å²) < 4.78 is 11.2. The van der Waals surface area contributed by atoms with E-state index in [2.05, 4.69) is 25.3 Å². The van der Waals surface area contributed by atoms with Gasteiger partial charge in [-0.25, -0.2) is 0 Å². The second kappa shape index (κ2) is 5.65. The van der Waals surface area contributed by atoms with Crippen LogP contribution in [-0.2, 0) is 0 Å². The van der Waals surface area contributed by atoms with Crippen LogP contribution in [0.5, 0.6) is 11.5 Å². The maximum atomic E-state index is 5.63. The lowest BCUT2D eigenvalue weighted by atomic mass is 9.97. The van der Waals surface area contributed by atoms with Gasteiger partial charge in [-0.1, -0.05) is 6.92 Å². The van der Waals surface area contributed by atoms with E-state index >= 15 is 0 Å². The smallest absolute Gasteiger partial charge is 0.162 e. The summed E-state index contributed by atoms with van der Waals surface area (Å²) in [6, 6.07) is 4.20. The third-order valence-corrected chi connectivity index (χ3v) is 3.82. The zero-order valence-electron chi connectivity index (χ0n) is 10.4. The molecule has 17 heavy (non-hydrogen) atoms. The van der Waals surface area contributed by atoms with E-state index in [0.717, 1.165) is 17.9 Å². The Kier molecular flexibility index (Phi) is 4.18. The highest BCUT2D eigenvalue weighted by Gasteiger charge is 2.18. The Labute approximate surface area is 107 Å². The zero-order chi connectivity index (χ0) is 12.3. The molecule has 0 radical (unpaired) electrons. The molecule has 0 amide bonds. The van der Waals surface area contributed by atoms with Crippen molar-refractivity contribution < 1.29 is 9.47 Å². The van der Waals surface area contributed by atoms with Crippen LogP contribution in [0.4, 0.5) is 0 Å². The molecule has 2 rings (SSSR count). The number of hydrogen-bond donors (Lipinski definition) is 1. The average molecular weight is 253 g/mol. The fourth-order valence-corrected chi connectivity index (χ4v) is 2.77. The van der Waals surface area contributed by atoms with Crippen molar-refractivity contribution in [2.45, 2.75) is 24.2 Å². The molecule has 0 bridgehead atoms. The molecule has 0 fully saturated rings. The van der Waals surface area contributed by atoms with Crippen LogP contribution in [0, 0.1) is 0 Å². The van der Waals surface area contributed by atoms with Crippen LogP contribution in [0.15, 0.2) is 17.0 Å². The van der Waals surface area contributed by atoms with Crippen molar-refractivity contribution in [3.63, 3.8) is 0 Å². The van der Waals surface area contributed by atoms with Gasteiger partial charge in [-0.15, -0.1) is 11.8 Å². The molecule has 3 nitrogen and oxygen atoms in total. The molecule has 1 unspecified atom stereocenters. The van der Waals surface area contributed by atoms with Crippen LogP contribution in [0.2, 0.25) is 0 Å². The summed E-state index contributed by atoms with van der Waals surface area (Å²) >= 11 is 1.75. The third kappa shape index (κ3) is 2.69. The summed E-state index contributed by atoms with van der Waals surface area (Å²) in [4.78, 5) is 1.26. The summed E-state index contributed by atoms with van der Waals surface area (Å²) in [5.74, 6) is 2.19. The van der Waals surface area contributed by atoms with Crippen LogP contribution >= 0.6 is 11.8 Å². The predicted octanol–water partition coefficient (Wildman–Crippen LogP) is 2.63. The molecular formula is C13H19NO2S. The number of rotatable bonds is 4. The Morgan fingerprint density at radius 1 is 1.29 bits per heavy atom. The second-order valence-corrected chi connectivity index (χ2v) is 5.06. The van der Waals surface area contributed by atoms with E-state index in [4.69, 9.17) is 15.2 Å². The van der Waals surface area contributed by atoms with E-state index < -0.39 is 0 Å². The SMILES string of the molecule is CSc1cc2c(cc1C(C)CCN)OCCO2. The molecule has 1 aromatic carbocycles. The second-order valence-electron chi connectivity index (χ2n) is 4.22. The minimum Gasteiger partial charge on any atom is -0.486 e. The number of benzene rings is 1. The number of thioether (sulfide) groups is 1. The first-order valence-electron chi connectivity index (χ1n) is 5.94. The highest BCUT2D eigenvalue weighted by molar-refractivity contribution is 7.98. The maximum Gasteiger partial charge on any atom is 0.162 e. The van der Waals surface area contributed by atoms with Crippen molar-refractivity contribution in [2.75, 3.05) is 26.0 Å². The fraction of sp³-hybridized carbons (Fsp3) is 0.538. The Morgan fingerprint density at radius 2 is 1.94 bits per heavy atom. The largest absolute Gasteiger partial charge is 0.486 e. The van der Waals surface area contributed by atoms with Crippen molar-refractivity contribution in [3.05, 3.63) is 17.7 Å². The fourth-order valence-electron chi connectivity index (χ4n) is 2.05. The Hall–Kier alpha value is -0.870. The molecule has 2 N–H and O–H groups in total. The van der Waals surface area contributed by atoms with Gasteiger partial charge in [-0.3, -0.25) is 0 Å². The highest BCUT2D eigenvalue weighted by Crippen LogP contribution is 2.39. The molecule has 4 heteroatoms. The zero-order valence-corrected chi connectivity index (χ0v) is 11.2. The van der Waals surface area contributed by atoms with Gasteiger partial charge in [-0.2, -0.15) is 0 Å². The van der Waals surface area contributed by atoms with Gasteiger partial charge in [0.15, 0.2) is 11.5 Å². The topological polar surface area (TPSA) is 44.5 Å². The molecule has 0 saturated carbocycles. The van der Waals surface area contributed by atoms with Gasteiger partial charge in [0, 0.05) is 4.90 Å². The van der Waals surface area contributed by atoms with Gasteiger partial charge >= 0.3 is 0 Å². The van der Waals surface area contributed by atoms with Gasteiger partial charge in [-0.05, 0) is 42.8 Å². The summed E-state index contributed by atoms with van der Waals surface area (Å²) in [5, 5.41) is 0. The van der Waals surface area contributed by atoms with Crippen LogP contribution < -0.4 is 15.2 Å². The van der Waals surface area contributed by atoms with Crippen LogP contribution in [-0.4, -0.2) is 26.0 Å². The summed E-state index contributed by atoms with van der Waals surface area (Å²) in [5.41, 5.74) is 6.95. The summed E-state index contributed by atoms with van der Waals surface area (Å²) in [6.45, 7) is 4.19. The first-order chi connectivity index (χ1) is 8.26. The van der Waals surface area contributed by atoms with Crippen molar-refractivity contribution in [3.8, 4) is 11.5 Å². The van der Waals surface area contributed by atoms with E-state index in [1.165, 1.54) is 10.5 Å². The highest BCUT2D eigenvalue weighted by atomic mass is 32.2. The molecule has 0 aromatic heterocycles. The predicted molar refractivity (Wildman–Crippen MR) is 71.3 cm³/mol. The third-order valence-electron chi connectivity index (χ3n) is 3.03. The number of nitrogens with two attached hydrogens (primary N) is 1. The van der Waals surface area contributed by atoms with Gasteiger partial charge < -0.3 is 15.2 Å². The van der Waals surface area contributed by atoms with Gasteiger partial charge in [0.25, 0.3) is 0 Å². The average Bonchev–Trinajstić information content (AvgIpc) is 2.37. The lowest BCUT2D eigenvalue weighted by Crippen LogP contribution is -2.16. The monoisotopic (exact) mass is 253 g/mol. The molecular weight excluding hydrogens is 234 g/mol. The molecule has 0 saturated heterocycles. The molecule has 1 aliphatic heterocycles. The molecule has 0 aliphatic carbocycles. The van der Waals surface area contributed by atoms with Crippen molar-refractivity contribution in [1.82, 2.24) is 0 Å². The minimum atomic E-state index is 0.457. The number of hydrogen-bond acceptors (Lipinski definition) is 4. The Morgan fingerprint density at radius 3 is 2.53 bits per heavy atom. The first kappa shape index (κ1) is 12.6. The van der Waals surface area contributed by atoms with E-state index in [1.807, 2.05) is 0 Å². The Bertz CT molecular complexity index is 395. The summed E-state index contributed by atoms with van der Waals surface area (Å²) in [6.07, 6.45) is 3.08. The lowest BCUT2D eigenvalue weighted by molar-refractivity contribution is 0.170. The molecule has 1 heterocycles. The van der Waals surface area contributed by atoms with Crippen molar-refractivity contribution in [1.29, 1.82) is 0 Å². The van der Waals surface area contributed by atoms with Crippen molar-refractivity contribution in [2.24, 2.45) is 5.73 Å². The van der Waals surface area contributed by atoms with Crippen LogP contribution in [0.3, 0.4) is 0 Å². The molecule has 1 atom stereocenters. The number of fused-ring (bicyclic) bond motifs is 1. The van der Waals surface area contributed by atoms with E-state index in [0.29, 0.717) is 25.7 Å². The normalized spacial score (nSPS) is 15.7. The number of ether oxygens (including phenoxy) is 2. The van der Waals surface area contributed by atoms with Crippen LogP contribution in [0.1, 0.15) is 24.8 Å². The van der Waals surface area contributed by atoms with E-state index in [9.17, 15) is 0 Å². The quantitative estimate of drug-likeness (QED) is 0.838. The molecule has 1 aromatic rings. The molecule has 1 aliphatic rings. The Balaban J connectivity index is 2.36. The minimum absolute atomic E-state index is 0.457. The van der Waals surface area contributed by atoms with Gasteiger partial charge in [0.2, 0.25) is 0 Å².